The number of nitrogens with zero attached hydrogens (tertiary/aromatic N) is 2. The van der Waals surface area contributed by atoms with Crippen molar-refractivity contribution < 1.29 is 9.18 Å². The van der Waals surface area contributed by atoms with E-state index in [1.165, 1.54) is 18.2 Å². The molecule has 4 nitrogen and oxygen atoms in total. The molecule has 6 heteroatoms. The summed E-state index contributed by atoms with van der Waals surface area (Å²) >= 11 is 5.94. The lowest BCUT2D eigenvalue weighted by atomic mass is 10.1. The highest BCUT2D eigenvalue weighted by Gasteiger charge is 2.27. The average Bonchev–Trinajstić information content (AvgIpc) is 2.37. The van der Waals surface area contributed by atoms with Gasteiger partial charge in [-0.1, -0.05) is 17.7 Å². The fraction of sp³-hybridized carbons (Fsp3) is 0.533. The molecule has 0 unspecified atom stereocenters. The SMILES string of the molecule is CC(C)(N)CN1CCN(C(=O)c2c(F)cccc2Cl)CC1. The first-order valence-corrected chi connectivity index (χ1v) is 7.40. The van der Waals surface area contributed by atoms with E-state index >= 15 is 0 Å². The van der Waals surface area contributed by atoms with Crippen LogP contribution in [-0.4, -0.2) is 54.0 Å². The molecule has 1 aromatic rings. The Morgan fingerprint density at radius 1 is 1.33 bits per heavy atom. The highest BCUT2D eigenvalue weighted by molar-refractivity contribution is 6.33. The maximum Gasteiger partial charge on any atom is 0.258 e. The van der Waals surface area contributed by atoms with Gasteiger partial charge < -0.3 is 10.6 Å². The standard InChI is InChI=1S/C15H21ClFN3O/c1-15(2,18)10-19-6-8-20(9-7-19)14(21)13-11(16)4-3-5-12(13)17/h3-5H,6-10,18H2,1-2H3. The summed E-state index contributed by atoms with van der Waals surface area (Å²) in [6, 6.07) is 4.28. The van der Waals surface area contributed by atoms with Crippen LogP contribution in [0.3, 0.4) is 0 Å². The zero-order valence-corrected chi connectivity index (χ0v) is 13.2. The van der Waals surface area contributed by atoms with Gasteiger partial charge in [-0.15, -0.1) is 0 Å². The van der Waals surface area contributed by atoms with Gasteiger partial charge in [0.25, 0.3) is 5.91 Å². The van der Waals surface area contributed by atoms with Gasteiger partial charge in [0, 0.05) is 38.3 Å². The van der Waals surface area contributed by atoms with E-state index in [1.807, 2.05) is 13.8 Å². The van der Waals surface area contributed by atoms with Crippen molar-refractivity contribution in [3.05, 3.63) is 34.6 Å². The first kappa shape index (κ1) is 16.2. The number of nitrogens with two attached hydrogens (primary N) is 1. The van der Waals surface area contributed by atoms with E-state index in [1.54, 1.807) is 4.90 Å². The number of benzene rings is 1. The second-order valence-electron chi connectivity index (χ2n) is 6.15. The Bertz CT molecular complexity index is 502. The molecule has 0 spiro atoms. The lowest BCUT2D eigenvalue weighted by Crippen LogP contribution is -2.54. The summed E-state index contributed by atoms with van der Waals surface area (Å²) in [4.78, 5) is 16.2. The molecular weight excluding hydrogens is 293 g/mol. The van der Waals surface area contributed by atoms with Crippen LogP contribution in [0.25, 0.3) is 0 Å². The van der Waals surface area contributed by atoms with E-state index in [4.69, 9.17) is 17.3 Å². The predicted octanol–water partition coefficient (Wildman–Crippen LogP) is 1.97. The summed E-state index contributed by atoms with van der Waals surface area (Å²) in [6.45, 7) is 7.30. The topological polar surface area (TPSA) is 49.6 Å². The first-order valence-electron chi connectivity index (χ1n) is 7.02. The minimum Gasteiger partial charge on any atom is -0.336 e. The highest BCUT2D eigenvalue weighted by Crippen LogP contribution is 2.21. The Labute approximate surface area is 129 Å². The van der Waals surface area contributed by atoms with Crippen LogP contribution in [0.5, 0.6) is 0 Å². The largest absolute Gasteiger partial charge is 0.336 e. The van der Waals surface area contributed by atoms with Crippen LogP contribution in [0.15, 0.2) is 18.2 Å². The highest BCUT2D eigenvalue weighted by atomic mass is 35.5. The van der Waals surface area contributed by atoms with Gasteiger partial charge in [-0.3, -0.25) is 9.69 Å². The molecule has 1 amide bonds. The number of rotatable bonds is 3. The van der Waals surface area contributed by atoms with Gasteiger partial charge in [-0.05, 0) is 26.0 Å². The van der Waals surface area contributed by atoms with E-state index in [0.717, 1.165) is 19.6 Å². The monoisotopic (exact) mass is 313 g/mol. The Balaban J connectivity index is 2.01. The number of piperazine rings is 1. The molecule has 0 aliphatic carbocycles. The average molecular weight is 314 g/mol. The zero-order chi connectivity index (χ0) is 15.6. The zero-order valence-electron chi connectivity index (χ0n) is 12.4. The second-order valence-corrected chi connectivity index (χ2v) is 6.56. The van der Waals surface area contributed by atoms with E-state index in [0.29, 0.717) is 13.1 Å². The maximum absolute atomic E-state index is 13.8. The van der Waals surface area contributed by atoms with Crippen molar-refractivity contribution in [1.82, 2.24) is 9.80 Å². The quantitative estimate of drug-likeness (QED) is 0.928. The Morgan fingerprint density at radius 2 is 1.95 bits per heavy atom. The molecule has 0 bridgehead atoms. The number of amides is 1. The molecule has 1 aliphatic heterocycles. The minimum absolute atomic E-state index is 0.0354. The van der Waals surface area contributed by atoms with Gasteiger partial charge in [0.05, 0.1) is 10.6 Å². The van der Waals surface area contributed by atoms with E-state index in [9.17, 15) is 9.18 Å². The molecule has 0 saturated carbocycles. The van der Waals surface area contributed by atoms with Gasteiger partial charge in [0.1, 0.15) is 5.82 Å². The molecule has 1 fully saturated rings. The van der Waals surface area contributed by atoms with Crippen molar-refractivity contribution in [2.45, 2.75) is 19.4 Å². The molecule has 2 rings (SSSR count). The van der Waals surface area contributed by atoms with Crippen molar-refractivity contribution in [1.29, 1.82) is 0 Å². The summed E-state index contributed by atoms with van der Waals surface area (Å²) in [7, 11) is 0. The van der Waals surface area contributed by atoms with E-state index < -0.39 is 5.82 Å². The molecule has 0 atom stereocenters. The Kier molecular flexibility index (Phi) is 4.86. The Morgan fingerprint density at radius 3 is 2.48 bits per heavy atom. The van der Waals surface area contributed by atoms with E-state index in [2.05, 4.69) is 4.90 Å². The van der Waals surface area contributed by atoms with Crippen LogP contribution in [-0.2, 0) is 0 Å². The third-order valence-electron chi connectivity index (χ3n) is 3.47. The summed E-state index contributed by atoms with van der Waals surface area (Å²) in [5.74, 6) is -0.914. The van der Waals surface area contributed by atoms with Crippen LogP contribution in [0, 0.1) is 5.82 Å². The predicted molar refractivity (Wildman–Crippen MR) is 82.0 cm³/mol. The fourth-order valence-electron chi connectivity index (χ4n) is 2.55. The second kappa shape index (κ2) is 6.30. The molecule has 1 heterocycles. The molecule has 1 aromatic carbocycles. The van der Waals surface area contributed by atoms with Crippen molar-refractivity contribution in [2.75, 3.05) is 32.7 Å². The number of hydrogen-bond acceptors (Lipinski definition) is 3. The molecule has 0 aromatic heterocycles. The lowest BCUT2D eigenvalue weighted by Gasteiger charge is -2.37. The summed E-state index contributed by atoms with van der Waals surface area (Å²) < 4.78 is 13.8. The molecule has 0 radical (unpaired) electrons. The molecule has 2 N–H and O–H groups in total. The van der Waals surface area contributed by atoms with Crippen molar-refractivity contribution in [3.63, 3.8) is 0 Å². The number of carbonyl (C=O) groups is 1. The van der Waals surface area contributed by atoms with Crippen molar-refractivity contribution in [3.8, 4) is 0 Å². The maximum atomic E-state index is 13.8. The first-order chi connectivity index (χ1) is 9.78. The van der Waals surface area contributed by atoms with Crippen molar-refractivity contribution in [2.24, 2.45) is 5.73 Å². The third kappa shape index (κ3) is 4.15. The van der Waals surface area contributed by atoms with Gasteiger partial charge in [0.2, 0.25) is 0 Å². The van der Waals surface area contributed by atoms with Crippen LogP contribution < -0.4 is 5.73 Å². The number of hydrogen-bond donors (Lipinski definition) is 1. The number of carbonyl (C=O) groups excluding carboxylic acids is 1. The normalized spacial score (nSPS) is 17.1. The lowest BCUT2D eigenvalue weighted by molar-refractivity contribution is 0.0612. The van der Waals surface area contributed by atoms with Gasteiger partial charge in [-0.25, -0.2) is 4.39 Å². The van der Waals surface area contributed by atoms with Gasteiger partial charge in [-0.2, -0.15) is 0 Å². The number of halogens is 2. The molecule has 1 aliphatic rings. The fourth-order valence-corrected chi connectivity index (χ4v) is 2.79. The Hall–Kier alpha value is -1.17. The molecule has 21 heavy (non-hydrogen) atoms. The summed E-state index contributed by atoms with van der Waals surface area (Å²) in [5.41, 5.74) is 5.70. The van der Waals surface area contributed by atoms with Crippen LogP contribution >= 0.6 is 11.6 Å². The van der Waals surface area contributed by atoms with Crippen molar-refractivity contribution >= 4 is 17.5 Å². The summed E-state index contributed by atoms with van der Waals surface area (Å²) in [6.07, 6.45) is 0. The van der Waals surface area contributed by atoms with Crippen LogP contribution in [0.2, 0.25) is 5.02 Å². The smallest absolute Gasteiger partial charge is 0.258 e. The molecule has 116 valence electrons. The van der Waals surface area contributed by atoms with Crippen LogP contribution in [0.4, 0.5) is 4.39 Å². The van der Waals surface area contributed by atoms with Gasteiger partial charge in [0.15, 0.2) is 0 Å². The van der Waals surface area contributed by atoms with E-state index in [-0.39, 0.29) is 22.0 Å². The summed E-state index contributed by atoms with van der Waals surface area (Å²) in [5, 5.41) is 0.158. The van der Waals surface area contributed by atoms with Gasteiger partial charge >= 0.3 is 0 Å². The van der Waals surface area contributed by atoms with Crippen LogP contribution in [0.1, 0.15) is 24.2 Å². The minimum atomic E-state index is -0.571. The molecular formula is C15H21ClFN3O. The molecule has 1 saturated heterocycles. The third-order valence-corrected chi connectivity index (χ3v) is 3.78.